The zero-order valence-electron chi connectivity index (χ0n) is 15.4. The molecule has 0 spiro atoms. The van der Waals surface area contributed by atoms with Gasteiger partial charge in [0.25, 0.3) is 0 Å². The van der Waals surface area contributed by atoms with Crippen molar-refractivity contribution in [2.75, 3.05) is 0 Å². The second-order valence-electron chi connectivity index (χ2n) is 6.19. The van der Waals surface area contributed by atoms with Crippen LogP contribution in [0.15, 0.2) is 88.7 Å². The number of benzene rings is 3. The molecule has 0 atom stereocenters. The maximum absolute atomic E-state index is 12.8. The highest BCUT2D eigenvalue weighted by Gasteiger charge is 2.21. The molecule has 0 aliphatic heterocycles. The lowest BCUT2D eigenvalue weighted by Gasteiger charge is -2.11. The molecule has 0 aliphatic rings. The first-order valence-corrected chi connectivity index (χ1v) is 10.2. The summed E-state index contributed by atoms with van der Waals surface area (Å²) >= 11 is 0. The van der Waals surface area contributed by atoms with E-state index in [9.17, 15) is 13.7 Å². The summed E-state index contributed by atoms with van der Waals surface area (Å²) in [5, 5.41) is 9.48. The zero-order valence-corrected chi connectivity index (χ0v) is 16.2. The van der Waals surface area contributed by atoms with Crippen LogP contribution in [0.5, 0.6) is 5.75 Å². The van der Waals surface area contributed by atoms with E-state index in [4.69, 9.17) is 4.74 Å². The van der Waals surface area contributed by atoms with E-state index in [0.29, 0.717) is 17.9 Å². The molecule has 0 aliphatic carbocycles. The molecule has 5 heteroatoms. The molecule has 0 amide bonds. The van der Waals surface area contributed by atoms with Crippen molar-refractivity contribution in [1.82, 2.24) is 0 Å². The fourth-order valence-electron chi connectivity index (χ4n) is 2.70. The Bertz CT molecular complexity index is 1140. The van der Waals surface area contributed by atoms with Crippen LogP contribution in [0.25, 0.3) is 6.08 Å². The Morgan fingerprint density at radius 1 is 0.964 bits per heavy atom. The lowest BCUT2D eigenvalue weighted by Crippen LogP contribution is -2.04. The van der Waals surface area contributed by atoms with Crippen molar-refractivity contribution in [3.63, 3.8) is 0 Å². The van der Waals surface area contributed by atoms with Gasteiger partial charge in [0.15, 0.2) is 0 Å². The third-order valence-electron chi connectivity index (χ3n) is 4.30. The molecule has 0 bridgehead atoms. The first-order valence-electron chi connectivity index (χ1n) is 8.70. The smallest absolute Gasteiger partial charge is 0.216 e. The summed E-state index contributed by atoms with van der Waals surface area (Å²) < 4.78 is 31.5. The molecular formula is C23H19NO3S. The Morgan fingerprint density at radius 3 is 2.32 bits per heavy atom. The molecule has 4 nitrogen and oxygen atoms in total. The van der Waals surface area contributed by atoms with Gasteiger partial charge in [-0.1, -0.05) is 60.7 Å². The minimum absolute atomic E-state index is 0.0844. The van der Waals surface area contributed by atoms with Gasteiger partial charge in [-0.05, 0) is 42.3 Å². The van der Waals surface area contributed by atoms with Crippen LogP contribution in [0.4, 0.5) is 0 Å². The number of hydrogen-bond donors (Lipinski definition) is 0. The van der Waals surface area contributed by atoms with Gasteiger partial charge in [-0.3, -0.25) is 0 Å². The molecule has 3 aromatic rings. The summed E-state index contributed by atoms with van der Waals surface area (Å²) in [7, 11) is -3.90. The first kappa shape index (κ1) is 19.4. The molecule has 0 N–H and O–H groups in total. The van der Waals surface area contributed by atoms with Gasteiger partial charge in [0.1, 0.15) is 23.3 Å². The van der Waals surface area contributed by atoms with Gasteiger partial charge in [0.05, 0.1) is 4.90 Å². The molecule has 0 heterocycles. The molecule has 140 valence electrons. The highest BCUT2D eigenvalue weighted by atomic mass is 32.2. The van der Waals surface area contributed by atoms with Crippen molar-refractivity contribution in [3.8, 4) is 11.8 Å². The van der Waals surface area contributed by atoms with E-state index < -0.39 is 9.84 Å². The van der Waals surface area contributed by atoms with Crippen molar-refractivity contribution in [3.05, 3.63) is 100 Å². The predicted octanol–water partition coefficient (Wildman–Crippen LogP) is 4.91. The number of rotatable bonds is 6. The van der Waals surface area contributed by atoms with E-state index in [1.54, 1.807) is 36.4 Å². The largest absolute Gasteiger partial charge is 0.488 e. The Balaban J connectivity index is 1.93. The van der Waals surface area contributed by atoms with Crippen LogP contribution in [0.2, 0.25) is 0 Å². The molecule has 0 saturated carbocycles. The summed E-state index contributed by atoms with van der Waals surface area (Å²) in [4.78, 5) is -0.244. The summed E-state index contributed by atoms with van der Waals surface area (Å²) in [6.45, 7) is 2.36. The van der Waals surface area contributed by atoms with Crippen LogP contribution in [0.1, 0.15) is 16.7 Å². The van der Waals surface area contributed by atoms with Gasteiger partial charge in [0, 0.05) is 5.56 Å². The lowest BCUT2D eigenvalue weighted by atomic mass is 10.1. The number of nitrogens with zero attached hydrogens (tertiary/aromatic N) is 1. The third kappa shape index (κ3) is 4.30. The second kappa shape index (κ2) is 8.55. The molecule has 3 rings (SSSR count). The van der Waals surface area contributed by atoms with Gasteiger partial charge >= 0.3 is 0 Å². The van der Waals surface area contributed by atoms with Crippen molar-refractivity contribution in [2.45, 2.75) is 18.4 Å². The van der Waals surface area contributed by atoms with Crippen LogP contribution < -0.4 is 4.74 Å². The van der Waals surface area contributed by atoms with Crippen molar-refractivity contribution in [1.29, 1.82) is 5.26 Å². The average molecular weight is 389 g/mol. The maximum atomic E-state index is 12.8. The summed E-state index contributed by atoms with van der Waals surface area (Å²) in [6.07, 6.45) is 1.36. The van der Waals surface area contributed by atoms with Crippen LogP contribution in [-0.2, 0) is 16.4 Å². The predicted molar refractivity (Wildman–Crippen MR) is 109 cm³/mol. The van der Waals surface area contributed by atoms with E-state index in [0.717, 1.165) is 11.1 Å². The lowest BCUT2D eigenvalue weighted by molar-refractivity contribution is 0.305. The van der Waals surface area contributed by atoms with Crippen LogP contribution >= 0.6 is 0 Å². The van der Waals surface area contributed by atoms with Gasteiger partial charge in [-0.2, -0.15) is 5.26 Å². The Labute approximate surface area is 165 Å². The molecule has 0 fully saturated rings. The van der Waals surface area contributed by atoms with Gasteiger partial charge in [-0.25, -0.2) is 8.42 Å². The van der Waals surface area contributed by atoms with Crippen molar-refractivity contribution in [2.24, 2.45) is 0 Å². The summed E-state index contributed by atoms with van der Waals surface area (Å²) in [6, 6.07) is 24.7. The fraction of sp³-hybridized carbons (Fsp3) is 0.0870. The Hall–Kier alpha value is -3.36. The number of allylic oxidation sites excluding steroid dienone is 1. The Morgan fingerprint density at radius 2 is 1.61 bits per heavy atom. The molecular weight excluding hydrogens is 370 g/mol. The molecule has 28 heavy (non-hydrogen) atoms. The Kier molecular flexibility index (Phi) is 5.93. The standard InChI is InChI=1S/C23H19NO3S/c1-18-9-5-6-11-20(18)17-27-23-14-8-7-10-19(23)15-22(16-24)28(25,26)21-12-3-2-4-13-21/h2-15H,17H2,1H3/b22-15-. The van der Waals surface area contributed by atoms with Crippen molar-refractivity contribution < 1.29 is 13.2 Å². The van der Waals surface area contributed by atoms with Gasteiger partial charge < -0.3 is 4.74 Å². The molecule has 0 aromatic heterocycles. The number of nitriles is 1. The number of para-hydroxylation sites is 1. The highest BCUT2D eigenvalue weighted by Crippen LogP contribution is 2.26. The third-order valence-corrected chi connectivity index (χ3v) is 5.98. The number of hydrogen-bond acceptors (Lipinski definition) is 4. The zero-order chi connectivity index (χ0) is 20.0. The van der Waals surface area contributed by atoms with E-state index in [1.165, 1.54) is 18.2 Å². The van der Waals surface area contributed by atoms with Crippen LogP contribution in [0, 0.1) is 18.3 Å². The second-order valence-corrected chi connectivity index (χ2v) is 8.11. The average Bonchev–Trinajstić information content (AvgIpc) is 2.72. The van der Waals surface area contributed by atoms with E-state index in [2.05, 4.69) is 0 Å². The highest BCUT2D eigenvalue weighted by molar-refractivity contribution is 7.95. The maximum Gasteiger partial charge on any atom is 0.216 e. The molecule has 0 radical (unpaired) electrons. The van der Waals surface area contributed by atoms with Gasteiger partial charge in [-0.15, -0.1) is 0 Å². The first-order chi connectivity index (χ1) is 13.5. The fourth-order valence-corrected chi connectivity index (χ4v) is 3.87. The molecule has 0 unspecified atom stereocenters. The minimum Gasteiger partial charge on any atom is -0.488 e. The quantitative estimate of drug-likeness (QED) is 0.562. The topological polar surface area (TPSA) is 67.2 Å². The number of ether oxygens (including phenoxy) is 1. The van der Waals surface area contributed by atoms with Crippen LogP contribution in [-0.4, -0.2) is 8.42 Å². The van der Waals surface area contributed by atoms with Gasteiger partial charge in [0.2, 0.25) is 9.84 Å². The molecule has 3 aromatic carbocycles. The normalized spacial score (nSPS) is 11.6. The van der Waals surface area contributed by atoms with E-state index in [1.807, 2.05) is 43.3 Å². The van der Waals surface area contributed by atoms with Crippen LogP contribution in [0.3, 0.4) is 0 Å². The van der Waals surface area contributed by atoms with E-state index >= 15 is 0 Å². The molecule has 0 saturated heterocycles. The monoisotopic (exact) mass is 389 g/mol. The number of sulfone groups is 1. The summed E-state index contributed by atoms with van der Waals surface area (Å²) in [5.74, 6) is 0.516. The van der Waals surface area contributed by atoms with E-state index in [-0.39, 0.29) is 9.80 Å². The summed E-state index contributed by atoms with van der Waals surface area (Å²) in [5.41, 5.74) is 2.69. The minimum atomic E-state index is -3.90. The number of aryl methyl sites for hydroxylation is 1. The SMILES string of the molecule is Cc1ccccc1COc1ccccc1/C=C(/C#N)S(=O)(=O)c1ccccc1. The van der Waals surface area contributed by atoms with Crippen molar-refractivity contribution >= 4 is 15.9 Å².